The van der Waals surface area contributed by atoms with E-state index in [1.807, 2.05) is 39.0 Å². The van der Waals surface area contributed by atoms with Gasteiger partial charge in [0.1, 0.15) is 0 Å². The molecule has 0 radical (unpaired) electrons. The van der Waals surface area contributed by atoms with Crippen LogP contribution >= 0.6 is 11.3 Å². The summed E-state index contributed by atoms with van der Waals surface area (Å²) in [5, 5.41) is 7.72. The minimum Gasteiger partial charge on any atom is -0.349 e. The van der Waals surface area contributed by atoms with E-state index in [4.69, 9.17) is 4.52 Å². The van der Waals surface area contributed by atoms with Crippen LogP contribution in [0.4, 0.5) is 0 Å². The van der Waals surface area contributed by atoms with Gasteiger partial charge >= 0.3 is 0 Å². The van der Waals surface area contributed by atoms with Gasteiger partial charge in [-0.05, 0) is 44.9 Å². The summed E-state index contributed by atoms with van der Waals surface area (Å²) in [6.45, 7) is 10.0. The van der Waals surface area contributed by atoms with Gasteiger partial charge in [0.15, 0.2) is 0 Å². The summed E-state index contributed by atoms with van der Waals surface area (Å²) in [4.78, 5) is 19.5. The molecule has 5 nitrogen and oxygen atoms in total. The Balaban J connectivity index is 2.10. The third kappa shape index (κ3) is 3.06. The molecule has 3 aromatic heterocycles. The van der Waals surface area contributed by atoms with Gasteiger partial charge in [-0.2, -0.15) is 0 Å². The van der Waals surface area contributed by atoms with Gasteiger partial charge in [0.05, 0.1) is 27.2 Å². The molecule has 1 unspecified atom stereocenters. The average Bonchev–Trinajstić information content (AvgIpc) is 3.12. The van der Waals surface area contributed by atoms with Crippen LogP contribution in [-0.4, -0.2) is 22.1 Å². The van der Waals surface area contributed by atoms with Crippen LogP contribution in [0.15, 0.2) is 22.7 Å². The largest absolute Gasteiger partial charge is 0.349 e. The summed E-state index contributed by atoms with van der Waals surface area (Å²) in [7, 11) is 0. The van der Waals surface area contributed by atoms with Gasteiger partial charge in [-0.3, -0.25) is 4.79 Å². The molecular formula is C18H21N3O2S. The molecule has 6 heteroatoms. The van der Waals surface area contributed by atoms with Crippen molar-refractivity contribution in [1.29, 1.82) is 0 Å². The van der Waals surface area contributed by atoms with Crippen molar-refractivity contribution >= 4 is 28.3 Å². The molecule has 3 aromatic rings. The summed E-state index contributed by atoms with van der Waals surface area (Å²) in [6, 6.07) is 5.96. The van der Waals surface area contributed by atoms with Crippen molar-refractivity contribution in [2.24, 2.45) is 5.92 Å². The van der Waals surface area contributed by atoms with E-state index in [0.717, 1.165) is 10.6 Å². The predicted octanol–water partition coefficient (Wildman–Crippen LogP) is 4.34. The molecule has 0 spiro atoms. The van der Waals surface area contributed by atoms with Gasteiger partial charge in [-0.15, -0.1) is 11.3 Å². The Labute approximate surface area is 145 Å². The van der Waals surface area contributed by atoms with E-state index in [9.17, 15) is 4.79 Å². The number of carbonyl (C=O) groups excluding carboxylic acids is 1. The molecule has 0 aromatic carbocycles. The lowest BCUT2D eigenvalue weighted by Crippen LogP contribution is -2.36. The highest BCUT2D eigenvalue weighted by Crippen LogP contribution is 2.31. The van der Waals surface area contributed by atoms with Gasteiger partial charge in [-0.1, -0.05) is 19.0 Å². The molecule has 0 aliphatic rings. The van der Waals surface area contributed by atoms with E-state index < -0.39 is 0 Å². The van der Waals surface area contributed by atoms with Crippen LogP contribution in [0, 0.1) is 19.8 Å². The second-order valence-electron chi connectivity index (χ2n) is 6.42. The molecular weight excluding hydrogens is 322 g/mol. The number of hydrogen-bond donors (Lipinski definition) is 1. The van der Waals surface area contributed by atoms with Crippen LogP contribution in [0.1, 0.15) is 41.7 Å². The fourth-order valence-corrected chi connectivity index (χ4v) is 3.25. The van der Waals surface area contributed by atoms with E-state index in [-0.39, 0.29) is 11.9 Å². The Morgan fingerprint density at radius 1 is 1.25 bits per heavy atom. The summed E-state index contributed by atoms with van der Waals surface area (Å²) in [5.41, 5.74) is 2.37. The van der Waals surface area contributed by atoms with Crippen LogP contribution in [0.2, 0.25) is 0 Å². The fourth-order valence-electron chi connectivity index (χ4n) is 2.42. The number of nitrogens with zero attached hydrogens (tertiary/aromatic N) is 2. The third-order valence-corrected chi connectivity index (χ3v) is 5.24. The van der Waals surface area contributed by atoms with Crippen molar-refractivity contribution in [2.45, 2.75) is 40.7 Å². The Morgan fingerprint density at radius 2 is 2.00 bits per heavy atom. The monoisotopic (exact) mass is 343 g/mol. The van der Waals surface area contributed by atoms with Crippen LogP contribution in [0.3, 0.4) is 0 Å². The number of nitrogens with one attached hydrogen (secondary N) is 1. The molecule has 24 heavy (non-hydrogen) atoms. The standard InChI is InChI=1S/C18H21N3O2S/c1-9(2)11(4)19-17(22)13-8-14(15-7-6-10(3)24-15)20-18-16(13)12(5)21-23-18/h6-9,11H,1-5H3,(H,19,22). The molecule has 3 rings (SSSR count). The lowest BCUT2D eigenvalue weighted by Gasteiger charge is -2.17. The lowest BCUT2D eigenvalue weighted by molar-refractivity contribution is 0.0932. The van der Waals surface area contributed by atoms with E-state index in [0.29, 0.717) is 28.3 Å². The van der Waals surface area contributed by atoms with E-state index >= 15 is 0 Å². The van der Waals surface area contributed by atoms with Crippen molar-refractivity contribution < 1.29 is 9.32 Å². The fraction of sp³-hybridized carbons (Fsp3) is 0.389. The topological polar surface area (TPSA) is 68.0 Å². The zero-order valence-corrected chi connectivity index (χ0v) is 15.3. The molecule has 0 fully saturated rings. The summed E-state index contributed by atoms with van der Waals surface area (Å²) in [5.74, 6) is 0.235. The molecule has 3 heterocycles. The maximum Gasteiger partial charge on any atom is 0.259 e. The van der Waals surface area contributed by atoms with E-state index in [2.05, 4.69) is 29.3 Å². The lowest BCUT2D eigenvalue weighted by atomic mass is 10.0. The maximum atomic E-state index is 12.8. The normalized spacial score (nSPS) is 12.8. The van der Waals surface area contributed by atoms with Gasteiger partial charge in [-0.25, -0.2) is 4.98 Å². The molecule has 0 aliphatic heterocycles. The van der Waals surface area contributed by atoms with Crippen molar-refractivity contribution in [3.8, 4) is 10.6 Å². The highest BCUT2D eigenvalue weighted by molar-refractivity contribution is 7.15. The first-order chi connectivity index (χ1) is 11.4. The second-order valence-corrected chi connectivity index (χ2v) is 7.71. The first kappa shape index (κ1) is 16.6. The molecule has 1 N–H and O–H groups in total. The zero-order chi connectivity index (χ0) is 17.4. The van der Waals surface area contributed by atoms with E-state index in [1.165, 1.54) is 4.88 Å². The number of pyridine rings is 1. The number of hydrogen-bond acceptors (Lipinski definition) is 5. The van der Waals surface area contributed by atoms with Crippen LogP contribution in [0.25, 0.3) is 21.7 Å². The van der Waals surface area contributed by atoms with Gasteiger partial charge in [0.25, 0.3) is 11.6 Å². The van der Waals surface area contributed by atoms with E-state index in [1.54, 1.807) is 11.3 Å². The predicted molar refractivity (Wildman–Crippen MR) is 96.4 cm³/mol. The number of aryl methyl sites for hydroxylation is 2. The van der Waals surface area contributed by atoms with Crippen LogP contribution in [-0.2, 0) is 0 Å². The Morgan fingerprint density at radius 3 is 2.62 bits per heavy atom. The molecule has 0 saturated carbocycles. The quantitative estimate of drug-likeness (QED) is 0.765. The second kappa shape index (κ2) is 6.36. The number of thiophene rings is 1. The SMILES string of the molecule is Cc1ccc(-c2cc(C(=O)NC(C)C(C)C)c3c(C)noc3n2)s1. The van der Waals surface area contributed by atoms with Crippen molar-refractivity contribution in [3.63, 3.8) is 0 Å². The first-order valence-electron chi connectivity index (χ1n) is 8.01. The molecule has 0 bridgehead atoms. The minimum absolute atomic E-state index is 0.0771. The number of fused-ring (bicyclic) bond motifs is 1. The number of carbonyl (C=O) groups is 1. The minimum atomic E-state index is -0.121. The molecule has 126 valence electrons. The molecule has 1 atom stereocenters. The number of rotatable bonds is 4. The summed E-state index contributed by atoms with van der Waals surface area (Å²) in [6.07, 6.45) is 0. The smallest absolute Gasteiger partial charge is 0.259 e. The molecule has 1 amide bonds. The van der Waals surface area contributed by atoms with Gasteiger partial charge in [0, 0.05) is 10.9 Å². The number of amides is 1. The van der Waals surface area contributed by atoms with Gasteiger partial charge in [0.2, 0.25) is 0 Å². The first-order valence-corrected chi connectivity index (χ1v) is 8.83. The van der Waals surface area contributed by atoms with Crippen molar-refractivity contribution in [1.82, 2.24) is 15.5 Å². The molecule has 0 aliphatic carbocycles. The number of aromatic nitrogens is 2. The highest BCUT2D eigenvalue weighted by atomic mass is 32.1. The zero-order valence-electron chi connectivity index (χ0n) is 14.5. The van der Waals surface area contributed by atoms with Gasteiger partial charge < -0.3 is 9.84 Å². The maximum absolute atomic E-state index is 12.8. The van der Waals surface area contributed by atoms with Crippen molar-refractivity contribution in [2.75, 3.05) is 0 Å². The molecule has 0 saturated heterocycles. The highest BCUT2D eigenvalue weighted by Gasteiger charge is 2.21. The summed E-state index contributed by atoms with van der Waals surface area (Å²) >= 11 is 1.64. The van der Waals surface area contributed by atoms with Crippen molar-refractivity contribution in [3.05, 3.63) is 34.3 Å². The Kier molecular flexibility index (Phi) is 4.41. The Bertz CT molecular complexity index is 895. The van der Waals surface area contributed by atoms with Crippen LogP contribution in [0.5, 0.6) is 0 Å². The van der Waals surface area contributed by atoms with Crippen LogP contribution < -0.4 is 5.32 Å². The third-order valence-electron chi connectivity index (χ3n) is 4.21. The Hall–Kier alpha value is -2.21. The summed E-state index contributed by atoms with van der Waals surface area (Å²) < 4.78 is 5.32. The average molecular weight is 343 g/mol.